The van der Waals surface area contributed by atoms with Crippen molar-refractivity contribution in [3.8, 4) is 5.75 Å². The lowest BCUT2D eigenvalue weighted by Gasteiger charge is -2.38. The third kappa shape index (κ3) is 3.42. The second-order valence-electron chi connectivity index (χ2n) is 5.56. The highest BCUT2D eigenvalue weighted by Crippen LogP contribution is 2.23. The molecule has 1 saturated heterocycles. The molecule has 1 heterocycles. The van der Waals surface area contributed by atoms with Crippen LogP contribution in [-0.4, -0.2) is 42.7 Å². The minimum absolute atomic E-state index is 0.0328. The van der Waals surface area contributed by atoms with Crippen LogP contribution in [-0.2, 0) is 4.74 Å². The van der Waals surface area contributed by atoms with E-state index in [0.717, 1.165) is 0 Å². The fraction of sp³-hybridized carbons (Fsp3) is 0.533. The van der Waals surface area contributed by atoms with Crippen LogP contribution in [0.3, 0.4) is 0 Å². The summed E-state index contributed by atoms with van der Waals surface area (Å²) in [6, 6.07) is 5.15. The third-order valence-electron chi connectivity index (χ3n) is 3.20. The molecule has 110 valence electrons. The molecule has 20 heavy (non-hydrogen) atoms. The van der Waals surface area contributed by atoms with E-state index < -0.39 is 0 Å². The number of nitrogens with zero attached hydrogens (tertiary/aromatic N) is 1. The van der Waals surface area contributed by atoms with Gasteiger partial charge in [-0.2, -0.15) is 0 Å². The zero-order valence-corrected chi connectivity index (χ0v) is 12.3. The van der Waals surface area contributed by atoms with Crippen molar-refractivity contribution in [1.29, 1.82) is 0 Å². The van der Waals surface area contributed by atoms with Crippen LogP contribution in [0.15, 0.2) is 18.2 Å². The molecule has 1 aromatic carbocycles. The smallest absolute Gasteiger partial charge is 0.254 e. The van der Waals surface area contributed by atoms with Gasteiger partial charge in [0.05, 0.1) is 18.8 Å². The van der Waals surface area contributed by atoms with E-state index in [-0.39, 0.29) is 11.5 Å². The molecule has 1 aliphatic rings. The first-order chi connectivity index (χ1) is 9.41. The van der Waals surface area contributed by atoms with Gasteiger partial charge in [-0.3, -0.25) is 4.79 Å². The summed E-state index contributed by atoms with van der Waals surface area (Å²) in [7, 11) is 0. The summed E-state index contributed by atoms with van der Waals surface area (Å²) >= 11 is 0. The predicted molar refractivity (Wildman–Crippen MR) is 78.0 cm³/mol. The second kappa shape index (κ2) is 5.71. The molecule has 1 aliphatic heterocycles. The van der Waals surface area contributed by atoms with E-state index in [1.807, 2.05) is 20.8 Å². The molecule has 0 unspecified atom stereocenters. The zero-order valence-electron chi connectivity index (χ0n) is 12.3. The zero-order chi connectivity index (χ0) is 14.8. The Kier molecular flexibility index (Phi) is 4.18. The molecule has 0 aliphatic carbocycles. The fourth-order valence-electron chi connectivity index (χ4n) is 2.37. The number of morpholine rings is 1. The van der Waals surface area contributed by atoms with E-state index >= 15 is 0 Å². The molecule has 0 aromatic heterocycles. The highest BCUT2D eigenvalue weighted by molar-refractivity contribution is 5.95. The normalized spacial score (nSPS) is 17.9. The Hall–Kier alpha value is -1.75. The van der Waals surface area contributed by atoms with E-state index in [0.29, 0.717) is 43.3 Å². The van der Waals surface area contributed by atoms with Crippen LogP contribution < -0.4 is 10.5 Å². The quantitative estimate of drug-likeness (QED) is 0.858. The molecule has 1 fully saturated rings. The summed E-state index contributed by atoms with van der Waals surface area (Å²) in [5, 5.41) is 0. The molecule has 0 spiro atoms. The van der Waals surface area contributed by atoms with Crippen molar-refractivity contribution in [2.75, 3.05) is 32.0 Å². The molecule has 0 radical (unpaired) electrons. The summed E-state index contributed by atoms with van der Waals surface area (Å²) in [6.07, 6.45) is 0. The molecule has 5 heteroatoms. The van der Waals surface area contributed by atoms with Crippen molar-refractivity contribution in [2.24, 2.45) is 0 Å². The van der Waals surface area contributed by atoms with Gasteiger partial charge >= 0.3 is 0 Å². The maximum atomic E-state index is 12.6. The van der Waals surface area contributed by atoms with Gasteiger partial charge in [0.1, 0.15) is 5.75 Å². The van der Waals surface area contributed by atoms with Crippen LogP contribution in [0.25, 0.3) is 0 Å². The number of anilines is 1. The van der Waals surface area contributed by atoms with Gasteiger partial charge in [-0.1, -0.05) is 0 Å². The lowest BCUT2D eigenvalue weighted by Crippen LogP contribution is -2.50. The van der Waals surface area contributed by atoms with Gasteiger partial charge in [0, 0.05) is 30.4 Å². The first kappa shape index (κ1) is 14.7. The standard InChI is InChI=1S/C15H22N2O3/c1-4-19-13-8-11(7-12(16)9-13)14(18)17-5-6-20-15(2,3)10-17/h7-9H,4-6,10,16H2,1-3H3. The Bertz CT molecular complexity index is 500. The van der Waals surface area contributed by atoms with Gasteiger partial charge in [0.2, 0.25) is 0 Å². The number of nitrogens with two attached hydrogens (primary N) is 1. The summed E-state index contributed by atoms with van der Waals surface area (Å²) in [5.74, 6) is 0.595. The fourth-order valence-corrected chi connectivity index (χ4v) is 2.37. The topological polar surface area (TPSA) is 64.8 Å². The highest BCUT2D eigenvalue weighted by atomic mass is 16.5. The monoisotopic (exact) mass is 278 g/mol. The van der Waals surface area contributed by atoms with Gasteiger partial charge < -0.3 is 20.1 Å². The number of hydrogen-bond donors (Lipinski definition) is 1. The second-order valence-corrected chi connectivity index (χ2v) is 5.56. The van der Waals surface area contributed by atoms with Crippen molar-refractivity contribution < 1.29 is 14.3 Å². The molecule has 1 aromatic rings. The van der Waals surface area contributed by atoms with E-state index in [2.05, 4.69) is 0 Å². The number of nitrogen functional groups attached to an aromatic ring is 1. The lowest BCUT2D eigenvalue weighted by atomic mass is 10.1. The Morgan fingerprint density at radius 2 is 2.20 bits per heavy atom. The average Bonchev–Trinajstić information content (AvgIpc) is 2.36. The van der Waals surface area contributed by atoms with Crippen molar-refractivity contribution in [3.63, 3.8) is 0 Å². The van der Waals surface area contributed by atoms with Crippen molar-refractivity contribution in [3.05, 3.63) is 23.8 Å². The Balaban J connectivity index is 2.20. The van der Waals surface area contributed by atoms with E-state index in [9.17, 15) is 4.79 Å². The van der Waals surface area contributed by atoms with Crippen LogP contribution in [0.1, 0.15) is 31.1 Å². The SMILES string of the molecule is CCOc1cc(N)cc(C(=O)N2CCOC(C)(C)C2)c1. The van der Waals surface area contributed by atoms with Crippen molar-refractivity contribution in [1.82, 2.24) is 4.90 Å². The number of benzene rings is 1. The summed E-state index contributed by atoms with van der Waals surface area (Å²) in [4.78, 5) is 14.4. The molecule has 0 atom stereocenters. The van der Waals surface area contributed by atoms with Gasteiger partial charge in [-0.25, -0.2) is 0 Å². The Labute approximate surface area is 119 Å². The molecular weight excluding hydrogens is 256 g/mol. The molecular formula is C15H22N2O3. The number of hydrogen-bond acceptors (Lipinski definition) is 4. The van der Waals surface area contributed by atoms with Crippen LogP contribution in [0.4, 0.5) is 5.69 Å². The first-order valence-corrected chi connectivity index (χ1v) is 6.88. The lowest BCUT2D eigenvalue weighted by molar-refractivity contribution is -0.0764. The first-order valence-electron chi connectivity index (χ1n) is 6.88. The number of rotatable bonds is 3. The average molecular weight is 278 g/mol. The number of carbonyl (C=O) groups excluding carboxylic acids is 1. The highest BCUT2D eigenvalue weighted by Gasteiger charge is 2.30. The van der Waals surface area contributed by atoms with Crippen LogP contribution in [0.2, 0.25) is 0 Å². The van der Waals surface area contributed by atoms with Gasteiger partial charge in [0.15, 0.2) is 0 Å². The minimum Gasteiger partial charge on any atom is -0.494 e. The molecule has 5 nitrogen and oxygen atoms in total. The molecule has 0 bridgehead atoms. The summed E-state index contributed by atoms with van der Waals surface area (Å²) in [5.41, 5.74) is 6.62. The third-order valence-corrected chi connectivity index (χ3v) is 3.20. The van der Waals surface area contributed by atoms with Crippen molar-refractivity contribution in [2.45, 2.75) is 26.4 Å². The molecule has 0 saturated carbocycles. The Morgan fingerprint density at radius 3 is 2.85 bits per heavy atom. The number of ether oxygens (including phenoxy) is 2. The van der Waals surface area contributed by atoms with Crippen LogP contribution >= 0.6 is 0 Å². The van der Waals surface area contributed by atoms with E-state index in [4.69, 9.17) is 15.2 Å². The minimum atomic E-state index is -0.309. The summed E-state index contributed by atoms with van der Waals surface area (Å²) < 4.78 is 11.1. The molecule has 2 rings (SSSR count). The largest absolute Gasteiger partial charge is 0.494 e. The molecule has 2 N–H and O–H groups in total. The predicted octanol–water partition coefficient (Wildman–Crippen LogP) is 1.92. The van der Waals surface area contributed by atoms with Crippen LogP contribution in [0.5, 0.6) is 5.75 Å². The van der Waals surface area contributed by atoms with Gasteiger partial charge in [0.25, 0.3) is 5.91 Å². The van der Waals surface area contributed by atoms with Gasteiger partial charge in [-0.05, 0) is 32.9 Å². The molecule has 1 amide bonds. The van der Waals surface area contributed by atoms with E-state index in [1.54, 1.807) is 23.1 Å². The summed E-state index contributed by atoms with van der Waals surface area (Å²) in [6.45, 7) is 8.14. The maximum absolute atomic E-state index is 12.6. The Morgan fingerprint density at radius 1 is 1.45 bits per heavy atom. The number of amides is 1. The maximum Gasteiger partial charge on any atom is 0.254 e. The van der Waals surface area contributed by atoms with Crippen LogP contribution in [0, 0.1) is 0 Å². The van der Waals surface area contributed by atoms with Crippen molar-refractivity contribution >= 4 is 11.6 Å². The van der Waals surface area contributed by atoms with E-state index in [1.165, 1.54) is 0 Å². The van der Waals surface area contributed by atoms with Gasteiger partial charge in [-0.15, -0.1) is 0 Å². The number of carbonyl (C=O) groups is 1.